The molecule has 0 radical (unpaired) electrons. The molecule has 0 bridgehead atoms. The van der Waals surface area contributed by atoms with Gasteiger partial charge < -0.3 is 15.5 Å². The molecule has 1 fully saturated rings. The molecule has 0 saturated carbocycles. The second kappa shape index (κ2) is 9.94. The van der Waals surface area contributed by atoms with Gasteiger partial charge >= 0.3 is 6.18 Å². The molecule has 1 aromatic carbocycles. The van der Waals surface area contributed by atoms with Crippen molar-refractivity contribution in [3.63, 3.8) is 0 Å². The number of aliphatic imine (C=N–C) groups is 1. The van der Waals surface area contributed by atoms with E-state index in [9.17, 15) is 13.2 Å². The van der Waals surface area contributed by atoms with Crippen LogP contribution >= 0.6 is 0 Å². The van der Waals surface area contributed by atoms with E-state index in [-0.39, 0.29) is 6.54 Å². The summed E-state index contributed by atoms with van der Waals surface area (Å²) in [7, 11) is 1.66. The van der Waals surface area contributed by atoms with Crippen LogP contribution < -0.4 is 10.6 Å². The van der Waals surface area contributed by atoms with Crippen LogP contribution in [0.2, 0.25) is 0 Å². The zero-order chi connectivity index (χ0) is 19.9. The van der Waals surface area contributed by atoms with Gasteiger partial charge in [-0.2, -0.15) is 13.2 Å². The Balaban J connectivity index is 1.79. The van der Waals surface area contributed by atoms with Crippen molar-refractivity contribution in [1.29, 1.82) is 0 Å². The quantitative estimate of drug-likeness (QED) is 0.583. The number of guanidine groups is 1. The van der Waals surface area contributed by atoms with Gasteiger partial charge in [-0.15, -0.1) is 0 Å². The Kier molecular flexibility index (Phi) is 7.91. The van der Waals surface area contributed by atoms with Crippen molar-refractivity contribution in [3.05, 3.63) is 35.4 Å². The second-order valence-electron chi connectivity index (χ2n) is 6.82. The molecular formula is C19H30F3N5. The van der Waals surface area contributed by atoms with Crippen LogP contribution in [0.5, 0.6) is 0 Å². The van der Waals surface area contributed by atoms with Gasteiger partial charge in [-0.1, -0.05) is 19.1 Å². The fourth-order valence-corrected chi connectivity index (χ4v) is 3.16. The zero-order valence-electron chi connectivity index (χ0n) is 16.3. The minimum Gasteiger partial charge on any atom is -0.355 e. The van der Waals surface area contributed by atoms with Gasteiger partial charge in [0.05, 0.1) is 5.56 Å². The zero-order valence-corrected chi connectivity index (χ0v) is 16.3. The summed E-state index contributed by atoms with van der Waals surface area (Å²) in [4.78, 5) is 9.04. The first-order chi connectivity index (χ1) is 12.8. The molecule has 2 rings (SSSR count). The summed E-state index contributed by atoms with van der Waals surface area (Å²) >= 11 is 0. The maximum absolute atomic E-state index is 12.8. The molecule has 1 aliphatic heterocycles. The van der Waals surface area contributed by atoms with Gasteiger partial charge in [0.25, 0.3) is 0 Å². The van der Waals surface area contributed by atoms with Gasteiger partial charge in [0.15, 0.2) is 5.96 Å². The van der Waals surface area contributed by atoms with Crippen molar-refractivity contribution >= 4 is 5.96 Å². The van der Waals surface area contributed by atoms with Crippen LogP contribution in [0.3, 0.4) is 0 Å². The van der Waals surface area contributed by atoms with Crippen LogP contribution in [0.1, 0.15) is 25.0 Å². The highest BCUT2D eigenvalue weighted by Crippen LogP contribution is 2.29. The van der Waals surface area contributed by atoms with E-state index in [1.54, 1.807) is 13.1 Å². The topological polar surface area (TPSA) is 42.9 Å². The fraction of sp³-hybridized carbons (Fsp3) is 0.632. The number of halogens is 3. The van der Waals surface area contributed by atoms with E-state index in [0.29, 0.717) is 17.6 Å². The summed E-state index contributed by atoms with van der Waals surface area (Å²) in [5.41, 5.74) is -0.0684. The Hall–Kier alpha value is -1.80. The molecule has 1 saturated heterocycles. The molecule has 152 valence electrons. The molecule has 27 heavy (non-hydrogen) atoms. The molecule has 1 unspecified atom stereocenters. The van der Waals surface area contributed by atoms with E-state index in [0.717, 1.165) is 51.4 Å². The number of alkyl halides is 3. The molecule has 8 heteroatoms. The molecule has 1 heterocycles. The molecule has 0 amide bonds. The average molecular weight is 385 g/mol. The lowest BCUT2D eigenvalue weighted by atomic mass is 10.1. The lowest BCUT2D eigenvalue weighted by molar-refractivity contribution is -0.137. The Labute approximate surface area is 159 Å². The largest absolute Gasteiger partial charge is 0.416 e. The number of likely N-dealkylation sites (N-methyl/N-ethyl adjacent to an activating group) is 1. The van der Waals surface area contributed by atoms with Crippen LogP contribution in [0.15, 0.2) is 29.3 Å². The van der Waals surface area contributed by atoms with Crippen molar-refractivity contribution in [2.24, 2.45) is 4.99 Å². The van der Waals surface area contributed by atoms with Crippen molar-refractivity contribution in [3.8, 4) is 0 Å². The van der Waals surface area contributed by atoms with E-state index >= 15 is 0 Å². The Morgan fingerprint density at radius 1 is 1.19 bits per heavy atom. The first kappa shape index (κ1) is 21.5. The third-order valence-electron chi connectivity index (χ3n) is 4.98. The van der Waals surface area contributed by atoms with Gasteiger partial charge in [0.1, 0.15) is 0 Å². The Morgan fingerprint density at radius 3 is 2.48 bits per heavy atom. The highest BCUT2D eigenvalue weighted by Gasteiger charge is 2.30. The first-order valence-electron chi connectivity index (χ1n) is 9.40. The normalized spacial score (nSPS) is 18.4. The van der Waals surface area contributed by atoms with Crippen molar-refractivity contribution in [2.75, 3.05) is 46.3 Å². The van der Waals surface area contributed by atoms with E-state index in [2.05, 4.69) is 39.3 Å². The third-order valence-corrected chi connectivity index (χ3v) is 4.98. The van der Waals surface area contributed by atoms with E-state index in [4.69, 9.17) is 0 Å². The number of benzene rings is 1. The Bertz CT molecular complexity index is 610. The van der Waals surface area contributed by atoms with Crippen LogP contribution in [0.4, 0.5) is 13.2 Å². The summed E-state index contributed by atoms with van der Waals surface area (Å²) in [6, 6.07) is 5.70. The lowest BCUT2D eigenvalue weighted by Gasteiger charge is -2.37. The molecule has 0 aliphatic carbocycles. The SMILES string of the molecule is CCN1CCN(C(C)CNC(=NC)NCc2cccc(C(F)(F)F)c2)CC1. The number of piperazine rings is 1. The molecule has 0 aromatic heterocycles. The molecule has 1 aliphatic rings. The third kappa shape index (κ3) is 6.70. The summed E-state index contributed by atoms with van der Waals surface area (Å²) < 4.78 is 38.4. The molecular weight excluding hydrogens is 355 g/mol. The van der Waals surface area contributed by atoms with E-state index in [1.165, 1.54) is 6.07 Å². The summed E-state index contributed by atoms with van der Waals surface area (Å²) in [6.07, 6.45) is -4.33. The monoisotopic (exact) mass is 385 g/mol. The standard InChI is InChI=1S/C19H30F3N5/c1-4-26-8-10-27(11-9-26)15(2)13-24-18(23-3)25-14-16-6-5-7-17(12-16)19(20,21)22/h5-7,12,15H,4,8-11,13-14H2,1-3H3,(H2,23,24,25). The predicted molar refractivity (Wildman–Crippen MR) is 103 cm³/mol. The van der Waals surface area contributed by atoms with Crippen LogP contribution in [0, 0.1) is 0 Å². The summed E-state index contributed by atoms with van der Waals surface area (Å²) in [5, 5.41) is 6.35. The highest BCUT2D eigenvalue weighted by atomic mass is 19.4. The molecule has 5 nitrogen and oxygen atoms in total. The molecule has 0 spiro atoms. The molecule has 1 atom stereocenters. The highest BCUT2D eigenvalue weighted by molar-refractivity contribution is 5.79. The van der Waals surface area contributed by atoms with E-state index in [1.807, 2.05) is 0 Å². The minimum absolute atomic E-state index is 0.285. The average Bonchev–Trinajstić information content (AvgIpc) is 2.67. The minimum atomic E-state index is -4.33. The predicted octanol–water partition coefficient (Wildman–Crippen LogP) is 2.40. The van der Waals surface area contributed by atoms with Gasteiger partial charge in [-0.25, -0.2) is 0 Å². The molecule has 2 N–H and O–H groups in total. The number of hydrogen-bond acceptors (Lipinski definition) is 3. The van der Waals surface area contributed by atoms with Gasteiger partial charge in [0, 0.05) is 52.4 Å². The van der Waals surface area contributed by atoms with Gasteiger partial charge in [-0.05, 0) is 31.2 Å². The smallest absolute Gasteiger partial charge is 0.355 e. The second-order valence-corrected chi connectivity index (χ2v) is 6.82. The maximum Gasteiger partial charge on any atom is 0.416 e. The number of rotatable bonds is 6. The van der Waals surface area contributed by atoms with Crippen molar-refractivity contribution in [1.82, 2.24) is 20.4 Å². The molecule has 1 aromatic rings. The lowest BCUT2D eigenvalue weighted by Crippen LogP contribution is -2.53. The van der Waals surface area contributed by atoms with Crippen molar-refractivity contribution < 1.29 is 13.2 Å². The number of nitrogens with one attached hydrogen (secondary N) is 2. The maximum atomic E-state index is 12.8. The van der Waals surface area contributed by atoms with Gasteiger partial charge in [-0.3, -0.25) is 9.89 Å². The van der Waals surface area contributed by atoms with E-state index < -0.39 is 11.7 Å². The van der Waals surface area contributed by atoms with Crippen molar-refractivity contribution in [2.45, 2.75) is 32.6 Å². The summed E-state index contributed by atoms with van der Waals surface area (Å²) in [6.45, 7) is 10.7. The summed E-state index contributed by atoms with van der Waals surface area (Å²) in [5.74, 6) is 0.589. The van der Waals surface area contributed by atoms with Crippen LogP contribution in [0.25, 0.3) is 0 Å². The Morgan fingerprint density at radius 2 is 1.89 bits per heavy atom. The number of nitrogens with zero attached hydrogens (tertiary/aromatic N) is 3. The first-order valence-corrected chi connectivity index (χ1v) is 9.40. The van der Waals surface area contributed by atoms with Crippen LogP contribution in [-0.4, -0.2) is 68.1 Å². The van der Waals surface area contributed by atoms with Gasteiger partial charge in [0.2, 0.25) is 0 Å². The fourth-order valence-electron chi connectivity index (χ4n) is 3.16. The number of hydrogen-bond donors (Lipinski definition) is 2. The van der Waals surface area contributed by atoms with Crippen LogP contribution in [-0.2, 0) is 12.7 Å².